The largest absolute Gasteiger partial charge is 0.492 e. The quantitative estimate of drug-likeness (QED) is 0.720. The van der Waals surface area contributed by atoms with Crippen molar-refractivity contribution in [1.82, 2.24) is 0 Å². The summed E-state index contributed by atoms with van der Waals surface area (Å²) in [6, 6.07) is 15.9. The molecule has 0 saturated heterocycles. The Hall–Kier alpha value is -2.20. The smallest absolute Gasteiger partial charge is 0.121 e. The van der Waals surface area contributed by atoms with Crippen molar-refractivity contribution in [2.75, 3.05) is 38.8 Å². The number of aryl methyl sites for hydroxylation is 1. The van der Waals surface area contributed by atoms with Gasteiger partial charge in [-0.2, -0.15) is 0 Å². The van der Waals surface area contributed by atoms with Gasteiger partial charge in [-0.1, -0.05) is 23.8 Å². The molecule has 0 aliphatic rings. The number of hydrogen-bond acceptors (Lipinski definition) is 4. The van der Waals surface area contributed by atoms with Crippen LogP contribution in [0.2, 0.25) is 0 Å². The van der Waals surface area contributed by atoms with Gasteiger partial charge in [-0.15, -0.1) is 0 Å². The Labute approximate surface area is 132 Å². The van der Waals surface area contributed by atoms with Crippen molar-refractivity contribution in [1.29, 1.82) is 0 Å². The first-order valence-corrected chi connectivity index (χ1v) is 7.43. The molecule has 0 unspecified atom stereocenters. The van der Waals surface area contributed by atoms with E-state index in [9.17, 15) is 0 Å². The molecule has 1 N–H and O–H groups in total. The van der Waals surface area contributed by atoms with Crippen molar-refractivity contribution in [3.63, 3.8) is 0 Å². The number of hydrogen-bond donors (Lipinski definition) is 1. The Morgan fingerprint density at radius 2 is 1.64 bits per heavy atom. The third kappa shape index (κ3) is 5.66. The first kappa shape index (κ1) is 16.2. The predicted molar refractivity (Wildman–Crippen MR) is 89.0 cm³/mol. The Bertz CT molecular complexity index is 555. The molecular weight excluding hydrogens is 278 g/mol. The van der Waals surface area contributed by atoms with Gasteiger partial charge in [0, 0.05) is 25.4 Å². The highest BCUT2D eigenvalue weighted by Crippen LogP contribution is 2.17. The van der Waals surface area contributed by atoms with Gasteiger partial charge in [0.05, 0.1) is 6.61 Å². The molecule has 4 nitrogen and oxygen atoms in total. The van der Waals surface area contributed by atoms with Crippen LogP contribution in [0.1, 0.15) is 5.56 Å². The van der Waals surface area contributed by atoms with Gasteiger partial charge in [0.1, 0.15) is 24.7 Å². The minimum Gasteiger partial charge on any atom is -0.492 e. The lowest BCUT2D eigenvalue weighted by molar-refractivity contribution is 0.146. The molecule has 0 heterocycles. The second kappa shape index (κ2) is 8.95. The van der Waals surface area contributed by atoms with E-state index in [1.165, 1.54) is 5.56 Å². The molecule has 4 heteroatoms. The zero-order chi connectivity index (χ0) is 15.6. The van der Waals surface area contributed by atoms with Crippen molar-refractivity contribution in [3.8, 4) is 11.5 Å². The van der Waals surface area contributed by atoms with Gasteiger partial charge in [-0.3, -0.25) is 0 Å². The van der Waals surface area contributed by atoms with E-state index in [0.717, 1.165) is 23.7 Å². The second-order valence-electron chi connectivity index (χ2n) is 4.96. The summed E-state index contributed by atoms with van der Waals surface area (Å²) in [4.78, 5) is 0. The molecule has 0 atom stereocenters. The summed E-state index contributed by atoms with van der Waals surface area (Å²) >= 11 is 0. The third-order valence-corrected chi connectivity index (χ3v) is 3.11. The molecular formula is C18H23NO3. The lowest BCUT2D eigenvalue weighted by Gasteiger charge is -2.10. The molecule has 0 bridgehead atoms. The molecule has 2 aromatic rings. The van der Waals surface area contributed by atoms with Crippen LogP contribution in [0.25, 0.3) is 0 Å². The number of benzene rings is 2. The number of anilines is 1. The Kier molecular flexibility index (Phi) is 6.58. The summed E-state index contributed by atoms with van der Waals surface area (Å²) in [7, 11) is 1.66. The molecule has 2 aromatic carbocycles. The van der Waals surface area contributed by atoms with E-state index in [1.807, 2.05) is 48.5 Å². The van der Waals surface area contributed by atoms with Gasteiger partial charge in [0.25, 0.3) is 0 Å². The fraction of sp³-hybridized carbons (Fsp3) is 0.333. The van der Waals surface area contributed by atoms with Crippen LogP contribution < -0.4 is 14.8 Å². The molecule has 2 rings (SSSR count). The standard InChI is InChI=1S/C18H23NO3/c1-15-6-8-17(9-7-15)21-11-10-19-16-4-3-5-18(14-16)22-13-12-20-2/h3-9,14,19H,10-13H2,1-2H3. The molecule has 0 amide bonds. The normalized spacial score (nSPS) is 10.3. The van der Waals surface area contributed by atoms with Crippen LogP contribution in [0.5, 0.6) is 11.5 Å². The van der Waals surface area contributed by atoms with E-state index in [1.54, 1.807) is 7.11 Å². The molecule has 0 aliphatic carbocycles. The highest BCUT2D eigenvalue weighted by Gasteiger charge is 1.98. The molecule has 0 fully saturated rings. The van der Waals surface area contributed by atoms with Crippen LogP contribution in [0, 0.1) is 6.92 Å². The van der Waals surface area contributed by atoms with Gasteiger partial charge in [-0.05, 0) is 31.2 Å². The van der Waals surface area contributed by atoms with E-state index in [4.69, 9.17) is 14.2 Å². The van der Waals surface area contributed by atoms with Crippen molar-refractivity contribution >= 4 is 5.69 Å². The lowest BCUT2D eigenvalue weighted by Crippen LogP contribution is -2.11. The van der Waals surface area contributed by atoms with Crippen LogP contribution in [0.3, 0.4) is 0 Å². The summed E-state index contributed by atoms with van der Waals surface area (Å²) < 4.78 is 16.2. The topological polar surface area (TPSA) is 39.7 Å². The molecule has 0 aliphatic heterocycles. The zero-order valence-electron chi connectivity index (χ0n) is 13.2. The summed E-state index contributed by atoms with van der Waals surface area (Å²) in [6.07, 6.45) is 0. The van der Waals surface area contributed by atoms with Crippen molar-refractivity contribution in [3.05, 3.63) is 54.1 Å². The first-order valence-electron chi connectivity index (χ1n) is 7.43. The maximum atomic E-state index is 5.68. The van der Waals surface area contributed by atoms with Gasteiger partial charge in [-0.25, -0.2) is 0 Å². The average molecular weight is 301 g/mol. The minimum absolute atomic E-state index is 0.552. The number of methoxy groups -OCH3 is 1. The van der Waals surface area contributed by atoms with Gasteiger partial charge in [0.2, 0.25) is 0 Å². The molecule has 0 spiro atoms. The second-order valence-corrected chi connectivity index (χ2v) is 4.96. The van der Waals surface area contributed by atoms with Crippen LogP contribution in [0.15, 0.2) is 48.5 Å². The zero-order valence-corrected chi connectivity index (χ0v) is 13.2. The van der Waals surface area contributed by atoms with Crippen LogP contribution in [0.4, 0.5) is 5.69 Å². The average Bonchev–Trinajstić information content (AvgIpc) is 2.54. The minimum atomic E-state index is 0.552. The molecule has 0 saturated carbocycles. The Morgan fingerprint density at radius 3 is 2.41 bits per heavy atom. The monoisotopic (exact) mass is 301 g/mol. The van der Waals surface area contributed by atoms with E-state index in [2.05, 4.69) is 12.2 Å². The highest BCUT2D eigenvalue weighted by atomic mass is 16.5. The fourth-order valence-corrected chi connectivity index (χ4v) is 1.94. The summed E-state index contributed by atoms with van der Waals surface area (Å²) in [5.74, 6) is 1.73. The molecule has 22 heavy (non-hydrogen) atoms. The van der Waals surface area contributed by atoms with Gasteiger partial charge in [0.15, 0.2) is 0 Å². The SMILES string of the molecule is COCCOc1cccc(NCCOc2ccc(C)cc2)c1. The van der Waals surface area contributed by atoms with Crippen molar-refractivity contribution in [2.24, 2.45) is 0 Å². The lowest BCUT2D eigenvalue weighted by atomic mass is 10.2. The number of ether oxygens (including phenoxy) is 3. The predicted octanol–water partition coefficient (Wildman–Crippen LogP) is 3.51. The van der Waals surface area contributed by atoms with Crippen LogP contribution in [-0.4, -0.2) is 33.5 Å². The summed E-state index contributed by atoms with van der Waals surface area (Å²) in [5, 5.41) is 3.32. The number of nitrogens with one attached hydrogen (secondary N) is 1. The number of rotatable bonds is 9. The van der Waals surface area contributed by atoms with E-state index in [0.29, 0.717) is 19.8 Å². The van der Waals surface area contributed by atoms with Crippen molar-refractivity contribution < 1.29 is 14.2 Å². The maximum Gasteiger partial charge on any atom is 0.121 e. The highest BCUT2D eigenvalue weighted by molar-refractivity contribution is 5.48. The first-order chi connectivity index (χ1) is 10.8. The molecule has 118 valence electrons. The van der Waals surface area contributed by atoms with Crippen molar-refractivity contribution in [2.45, 2.75) is 6.92 Å². The van der Waals surface area contributed by atoms with E-state index >= 15 is 0 Å². The molecule has 0 aromatic heterocycles. The molecule has 0 radical (unpaired) electrons. The van der Waals surface area contributed by atoms with E-state index < -0.39 is 0 Å². The Morgan fingerprint density at radius 1 is 0.864 bits per heavy atom. The Balaban J connectivity index is 1.72. The third-order valence-electron chi connectivity index (χ3n) is 3.11. The van der Waals surface area contributed by atoms with Crippen LogP contribution in [-0.2, 0) is 4.74 Å². The maximum absolute atomic E-state index is 5.68. The fourth-order valence-electron chi connectivity index (χ4n) is 1.94. The van der Waals surface area contributed by atoms with E-state index in [-0.39, 0.29) is 0 Å². The van der Waals surface area contributed by atoms with Gasteiger partial charge >= 0.3 is 0 Å². The summed E-state index contributed by atoms with van der Waals surface area (Å²) in [5.41, 5.74) is 2.25. The summed E-state index contributed by atoms with van der Waals surface area (Å²) in [6.45, 7) is 4.54. The van der Waals surface area contributed by atoms with Crippen LogP contribution >= 0.6 is 0 Å². The van der Waals surface area contributed by atoms with Gasteiger partial charge < -0.3 is 19.5 Å².